The molecule has 0 amide bonds. The molecule has 72 valence electrons. The fourth-order valence-corrected chi connectivity index (χ4v) is 1.53. The number of hydrogen-bond acceptors (Lipinski definition) is 1. The van der Waals surface area contributed by atoms with E-state index < -0.39 is 0 Å². The molecule has 1 aromatic heterocycles. The fraction of sp³-hybridized carbons (Fsp3) is 0.500. The number of nitrogens with zero attached hydrogens (tertiary/aromatic N) is 1. The van der Waals surface area contributed by atoms with Gasteiger partial charge in [0, 0.05) is 27.6 Å². The monoisotopic (exact) mass is 305 g/mol. The van der Waals surface area contributed by atoms with Gasteiger partial charge in [0.15, 0.2) is 0 Å². The normalized spacial score (nSPS) is 13.3. The maximum Gasteiger partial charge on any atom is 0.0415 e. The Bertz CT molecular complexity index is 256. The minimum absolute atomic E-state index is 0.515. The average molecular weight is 307 g/mol. The topological polar surface area (TPSA) is 12.9 Å². The van der Waals surface area contributed by atoms with Gasteiger partial charge in [-0.25, -0.2) is 0 Å². The lowest BCUT2D eigenvalue weighted by Crippen LogP contribution is -2.11. The van der Waals surface area contributed by atoms with Crippen LogP contribution in [0, 0.1) is 5.92 Å². The summed E-state index contributed by atoms with van der Waals surface area (Å²) in [5.41, 5.74) is 1.14. The van der Waals surface area contributed by atoms with Crippen molar-refractivity contribution in [1.29, 1.82) is 0 Å². The zero-order chi connectivity index (χ0) is 9.84. The van der Waals surface area contributed by atoms with E-state index >= 15 is 0 Å². The third kappa shape index (κ3) is 3.77. The van der Waals surface area contributed by atoms with Gasteiger partial charge in [-0.1, -0.05) is 29.8 Å². The second-order valence-corrected chi connectivity index (χ2v) is 5.52. The third-order valence-corrected chi connectivity index (χ3v) is 3.77. The molecule has 0 spiro atoms. The van der Waals surface area contributed by atoms with Crippen molar-refractivity contribution in [2.45, 2.75) is 25.1 Å². The van der Waals surface area contributed by atoms with Crippen molar-refractivity contribution in [3.8, 4) is 0 Å². The Labute approximate surface area is 96.2 Å². The predicted molar refractivity (Wildman–Crippen MR) is 63.2 cm³/mol. The summed E-state index contributed by atoms with van der Waals surface area (Å²) in [6.07, 6.45) is 2.83. The minimum Gasteiger partial charge on any atom is -0.260 e. The van der Waals surface area contributed by atoms with Crippen LogP contribution in [-0.4, -0.2) is 9.81 Å². The summed E-state index contributed by atoms with van der Waals surface area (Å²) < 4.78 is 1.03. The highest BCUT2D eigenvalue weighted by atomic mass is 79.9. The van der Waals surface area contributed by atoms with Gasteiger partial charge in [-0.3, -0.25) is 4.98 Å². The maximum atomic E-state index is 4.32. The lowest BCUT2D eigenvalue weighted by molar-refractivity contribution is 0.607. The Kier molecular flexibility index (Phi) is 4.39. The molecule has 1 nitrogen and oxygen atoms in total. The van der Waals surface area contributed by atoms with E-state index in [1.54, 1.807) is 0 Å². The van der Waals surface area contributed by atoms with Gasteiger partial charge < -0.3 is 0 Å². The van der Waals surface area contributed by atoms with E-state index in [1.165, 1.54) is 0 Å². The lowest BCUT2D eigenvalue weighted by Gasteiger charge is -2.12. The van der Waals surface area contributed by atoms with Gasteiger partial charge in [0.25, 0.3) is 0 Å². The van der Waals surface area contributed by atoms with Crippen LogP contribution in [0.4, 0.5) is 0 Å². The molecule has 1 unspecified atom stereocenters. The van der Waals surface area contributed by atoms with E-state index in [0.717, 1.165) is 16.6 Å². The van der Waals surface area contributed by atoms with Gasteiger partial charge >= 0.3 is 0 Å². The molecule has 0 aromatic carbocycles. The number of alkyl halides is 1. The first-order valence-electron chi connectivity index (χ1n) is 4.34. The van der Waals surface area contributed by atoms with Crippen molar-refractivity contribution < 1.29 is 0 Å². The highest BCUT2D eigenvalue weighted by Gasteiger charge is 2.10. The summed E-state index contributed by atoms with van der Waals surface area (Å²) in [5, 5.41) is 0. The summed E-state index contributed by atoms with van der Waals surface area (Å²) >= 11 is 7.01. The van der Waals surface area contributed by atoms with E-state index in [0.29, 0.717) is 10.7 Å². The van der Waals surface area contributed by atoms with Crippen LogP contribution in [-0.2, 0) is 6.42 Å². The molecule has 0 saturated heterocycles. The van der Waals surface area contributed by atoms with E-state index in [4.69, 9.17) is 0 Å². The van der Waals surface area contributed by atoms with E-state index in [-0.39, 0.29) is 0 Å². The molecule has 1 heterocycles. The van der Waals surface area contributed by atoms with E-state index in [1.807, 2.05) is 12.3 Å². The molecule has 0 fully saturated rings. The highest BCUT2D eigenvalue weighted by Crippen LogP contribution is 2.17. The maximum absolute atomic E-state index is 4.32. The quantitative estimate of drug-likeness (QED) is 0.774. The SMILES string of the molecule is CC(C)C(Br)Cc1ccc(Br)cn1. The fourth-order valence-electron chi connectivity index (χ4n) is 0.963. The molecule has 0 radical (unpaired) electrons. The largest absolute Gasteiger partial charge is 0.260 e. The molecule has 3 heteroatoms. The molecule has 0 saturated carbocycles. The van der Waals surface area contributed by atoms with Crippen LogP contribution in [0.1, 0.15) is 19.5 Å². The Balaban J connectivity index is 2.59. The molecule has 0 aliphatic rings. The molecule has 1 atom stereocenters. The number of rotatable bonds is 3. The van der Waals surface area contributed by atoms with Gasteiger partial charge in [-0.05, 0) is 34.0 Å². The predicted octanol–water partition coefficient (Wildman–Crippen LogP) is 3.81. The van der Waals surface area contributed by atoms with Gasteiger partial charge in [0.05, 0.1) is 0 Å². The summed E-state index contributed by atoms with van der Waals surface area (Å²) in [7, 11) is 0. The molecule has 0 aliphatic carbocycles. The smallest absolute Gasteiger partial charge is 0.0415 e. The first kappa shape index (κ1) is 11.2. The van der Waals surface area contributed by atoms with E-state index in [9.17, 15) is 0 Å². The summed E-state index contributed by atoms with van der Waals surface area (Å²) in [6.45, 7) is 4.41. The van der Waals surface area contributed by atoms with Crippen molar-refractivity contribution in [3.05, 3.63) is 28.5 Å². The van der Waals surface area contributed by atoms with Gasteiger partial charge in [-0.2, -0.15) is 0 Å². The van der Waals surface area contributed by atoms with Crippen LogP contribution < -0.4 is 0 Å². The van der Waals surface area contributed by atoms with Gasteiger partial charge in [0.2, 0.25) is 0 Å². The molecule has 13 heavy (non-hydrogen) atoms. The summed E-state index contributed by atoms with van der Waals surface area (Å²) in [5.74, 6) is 0.644. The molecule has 1 rings (SSSR count). The molecule has 1 aromatic rings. The highest BCUT2D eigenvalue weighted by molar-refractivity contribution is 9.10. The van der Waals surface area contributed by atoms with Crippen LogP contribution in [0.5, 0.6) is 0 Å². The van der Waals surface area contributed by atoms with Crippen LogP contribution >= 0.6 is 31.9 Å². The second-order valence-electron chi connectivity index (χ2n) is 3.43. The van der Waals surface area contributed by atoms with Gasteiger partial charge in [0.1, 0.15) is 0 Å². The summed E-state index contributed by atoms with van der Waals surface area (Å²) in [4.78, 5) is 4.84. The Hall–Kier alpha value is 0.110. The Morgan fingerprint density at radius 2 is 2.08 bits per heavy atom. The first-order chi connectivity index (χ1) is 6.09. The van der Waals surface area contributed by atoms with Crippen molar-refractivity contribution >= 4 is 31.9 Å². The molecule has 0 aliphatic heterocycles. The average Bonchev–Trinajstić information content (AvgIpc) is 2.08. The number of hydrogen-bond donors (Lipinski definition) is 0. The zero-order valence-corrected chi connectivity index (χ0v) is 11.0. The van der Waals surface area contributed by atoms with E-state index in [2.05, 4.69) is 56.8 Å². The van der Waals surface area contributed by atoms with Crippen molar-refractivity contribution in [2.75, 3.05) is 0 Å². The lowest BCUT2D eigenvalue weighted by atomic mass is 10.1. The Morgan fingerprint density at radius 1 is 1.38 bits per heavy atom. The molecular weight excluding hydrogens is 294 g/mol. The van der Waals surface area contributed by atoms with Crippen molar-refractivity contribution in [3.63, 3.8) is 0 Å². The second kappa shape index (κ2) is 5.11. The minimum atomic E-state index is 0.515. The van der Waals surface area contributed by atoms with Crippen LogP contribution in [0.25, 0.3) is 0 Å². The standard InChI is InChI=1S/C10H13Br2N/c1-7(2)10(12)5-9-4-3-8(11)6-13-9/h3-4,6-7,10H,5H2,1-2H3. The Morgan fingerprint density at radius 3 is 2.54 bits per heavy atom. The van der Waals surface area contributed by atoms with Crippen molar-refractivity contribution in [1.82, 2.24) is 4.98 Å². The van der Waals surface area contributed by atoms with Crippen LogP contribution in [0.2, 0.25) is 0 Å². The van der Waals surface area contributed by atoms with Crippen molar-refractivity contribution in [2.24, 2.45) is 5.92 Å². The molecule has 0 bridgehead atoms. The number of aromatic nitrogens is 1. The molecule has 0 N–H and O–H groups in total. The van der Waals surface area contributed by atoms with Gasteiger partial charge in [-0.15, -0.1) is 0 Å². The number of pyridine rings is 1. The number of halogens is 2. The first-order valence-corrected chi connectivity index (χ1v) is 6.05. The van der Waals surface area contributed by atoms with Crippen LogP contribution in [0.3, 0.4) is 0 Å². The molecular formula is C10H13Br2N. The zero-order valence-electron chi connectivity index (χ0n) is 7.80. The summed E-state index contributed by atoms with van der Waals surface area (Å²) in [6, 6.07) is 4.09. The third-order valence-electron chi connectivity index (χ3n) is 1.92. The van der Waals surface area contributed by atoms with Crippen LogP contribution in [0.15, 0.2) is 22.8 Å².